The molecule has 18 heavy (non-hydrogen) atoms. The molecule has 1 fully saturated rings. The predicted molar refractivity (Wildman–Crippen MR) is 75.8 cm³/mol. The molecule has 0 radical (unpaired) electrons. The number of hydrogen-bond donors (Lipinski definition) is 2. The van der Waals surface area contributed by atoms with E-state index in [1.165, 1.54) is 32.1 Å². The smallest absolute Gasteiger partial charge is 0.0624 e. The molecule has 0 spiro atoms. The molecule has 1 rings (SSSR count). The first kappa shape index (κ1) is 15.9. The molecule has 1 aliphatic rings. The van der Waals surface area contributed by atoms with Crippen molar-refractivity contribution < 1.29 is 9.84 Å². The quantitative estimate of drug-likeness (QED) is 0.667. The summed E-state index contributed by atoms with van der Waals surface area (Å²) in [7, 11) is 0. The number of hydrogen-bond acceptors (Lipinski definition) is 3. The minimum Gasteiger partial charge on any atom is -0.396 e. The van der Waals surface area contributed by atoms with E-state index in [0.29, 0.717) is 12.1 Å². The summed E-state index contributed by atoms with van der Waals surface area (Å²) in [5.74, 6) is 0.864. The van der Waals surface area contributed by atoms with Gasteiger partial charge in [-0.1, -0.05) is 33.1 Å². The highest BCUT2D eigenvalue weighted by molar-refractivity contribution is 4.74. The van der Waals surface area contributed by atoms with Crippen LogP contribution in [0.3, 0.4) is 0 Å². The zero-order valence-corrected chi connectivity index (χ0v) is 12.2. The summed E-state index contributed by atoms with van der Waals surface area (Å²) < 4.78 is 6.05. The molecular formula is C15H31NO2. The van der Waals surface area contributed by atoms with E-state index in [2.05, 4.69) is 19.2 Å². The van der Waals surface area contributed by atoms with Gasteiger partial charge in [0.25, 0.3) is 0 Å². The fourth-order valence-corrected chi connectivity index (χ4v) is 2.76. The first-order valence-electron chi connectivity index (χ1n) is 7.75. The van der Waals surface area contributed by atoms with Gasteiger partial charge in [-0.2, -0.15) is 0 Å². The molecule has 0 amide bonds. The third-order valence-corrected chi connectivity index (χ3v) is 4.01. The number of aliphatic hydroxyl groups is 1. The van der Waals surface area contributed by atoms with Crippen LogP contribution in [0, 0.1) is 5.92 Å². The highest BCUT2D eigenvalue weighted by atomic mass is 16.5. The highest BCUT2D eigenvalue weighted by Crippen LogP contribution is 2.28. The summed E-state index contributed by atoms with van der Waals surface area (Å²) in [6.45, 7) is 6.45. The van der Waals surface area contributed by atoms with Crippen molar-refractivity contribution in [2.45, 2.75) is 70.9 Å². The largest absolute Gasteiger partial charge is 0.396 e. The Hall–Kier alpha value is -0.120. The number of ether oxygens (including phenoxy) is 1. The van der Waals surface area contributed by atoms with Gasteiger partial charge in [0.1, 0.15) is 0 Å². The fourth-order valence-electron chi connectivity index (χ4n) is 2.76. The van der Waals surface area contributed by atoms with Gasteiger partial charge in [-0.25, -0.2) is 0 Å². The van der Waals surface area contributed by atoms with E-state index in [1.54, 1.807) is 0 Å². The second kappa shape index (κ2) is 9.76. The van der Waals surface area contributed by atoms with Crippen LogP contribution in [0.4, 0.5) is 0 Å². The second-order valence-electron chi connectivity index (χ2n) is 5.56. The SMILES string of the molecule is CCCNC(CCO)COC1CCCC(CC)C1. The van der Waals surface area contributed by atoms with Crippen LogP contribution >= 0.6 is 0 Å². The van der Waals surface area contributed by atoms with Crippen LogP contribution in [0.1, 0.15) is 58.8 Å². The summed E-state index contributed by atoms with van der Waals surface area (Å²) in [6, 6.07) is 0.317. The molecule has 1 saturated carbocycles. The Balaban J connectivity index is 2.22. The lowest BCUT2D eigenvalue weighted by Crippen LogP contribution is -2.37. The van der Waals surface area contributed by atoms with Crippen LogP contribution in [-0.2, 0) is 4.74 Å². The lowest BCUT2D eigenvalue weighted by Gasteiger charge is -2.30. The van der Waals surface area contributed by atoms with E-state index in [1.807, 2.05) is 0 Å². The van der Waals surface area contributed by atoms with Crippen molar-refractivity contribution in [3.8, 4) is 0 Å². The Labute approximate surface area is 112 Å². The van der Waals surface area contributed by atoms with Gasteiger partial charge in [0.05, 0.1) is 12.7 Å². The van der Waals surface area contributed by atoms with E-state index in [9.17, 15) is 0 Å². The molecule has 2 N–H and O–H groups in total. The lowest BCUT2D eigenvalue weighted by molar-refractivity contribution is -0.00121. The van der Waals surface area contributed by atoms with E-state index in [-0.39, 0.29) is 6.61 Å². The summed E-state index contributed by atoms with van der Waals surface area (Å²) in [4.78, 5) is 0. The van der Waals surface area contributed by atoms with E-state index in [0.717, 1.165) is 31.9 Å². The Morgan fingerprint density at radius 3 is 2.83 bits per heavy atom. The molecule has 0 saturated heterocycles. The standard InChI is InChI=1S/C15H31NO2/c1-3-9-16-14(8-10-17)12-18-15-7-5-6-13(4-2)11-15/h13-17H,3-12H2,1-2H3. The van der Waals surface area contributed by atoms with Gasteiger partial charge in [-0.3, -0.25) is 0 Å². The molecule has 3 unspecified atom stereocenters. The van der Waals surface area contributed by atoms with Crippen molar-refractivity contribution in [2.24, 2.45) is 5.92 Å². The second-order valence-corrected chi connectivity index (χ2v) is 5.56. The van der Waals surface area contributed by atoms with E-state index < -0.39 is 0 Å². The number of rotatable bonds is 9. The van der Waals surface area contributed by atoms with Crippen molar-refractivity contribution in [2.75, 3.05) is 19.8 Å². The van der Waals surface area contributed by atoms with Crippen LogP contribution in [0.25, 0.3) is 0 Å². The molecule has 3 heteroatoms. The number of aliphatic hydroxyl groups excluding tert-OH is 1. The molecule has 0 heterocycles. The molecule has 0 aliphatic heterocycles. The van der Waals surface area contributed by atoms with Crippen LogP contribution < -0.4 is 5.32 Å². The van der Waals surface area contributed by atoms with Gasteiger partial charge >= 0.3 is 0 Å². The minimum atomic E-state index is 0.243. The van der Waals surface area contributed by atoms with Crippen LogP contribution in [0.15, 0.2) is 0 Å². The van der Waals surface area contributed by atoms with E-state index in [4.69, 9.17) is 9.84 Å². The Bertz CT molecular complexity index is 195. The maximum absolute atomic E-state index is 9.06. The zero-order valence-electron chi connectivity index (χ0n) is 12.2. The summed E-state index contributed by atoms with van der Waals surface area (Å²) in [5, 5.41) is 12.5. The van der Waals surface area contributed by atoms with Crippen molar-refractivity contribution in [3.63, 3.8) is 0 Å². The fraction of sp³-hybridized carbons (Fsp3) is 1.00. The summed E-state index contributed by atoms with van der Waals surface area (Å²) >= 11 is 0. The van der Waals surface area contributed by atoms with Crippen molar-refractivity contribution in [1.82, 2.24) is 5.32 Å². The molecule has 3 nitrogen and oxygen atoms in total. The maximum Gasteiger partial charge on any atom is 0.0624 e. The van der Waals surface area contributed by atoms with Gasteiger partial charge in [0.2, 0.25) is 0 Å². The van der Waals surface area contributed by atoms with Gasteiger partial charge in [-0.15, -0.1) is 0 Å². The zero-order chi connectivity index (χ0) is 13.2. The molecule has 0 aromatic carbocycles. The molecule has 0 aromatic rings. The first-order valence-corrected chi connectivity index (χ1v) is 7.75. The Morgan fingerprint density at radius 1 is 1.33 bits per heavy atom. The third kappa shape index (κ3) is 6.17. The summed E-state index contributed by atoms with van der Waals surface area (Å²) in [6.07, 6.45) is 8.81. The molecular weight excluding hydrogens is 226 g/mol. The Kier molecular flexibility index (Phi) is 8.64. The normalized spacial score (nSPS) is 26.2. The summed E-state index contributed by atoms with van der Waals surface area (Å²) in [5.41, 5.74) is 0. The van der Waals surface area contributed by atoms with Gasteiger partial charge in [0, 0.05) is 12.6 Å². The Morgan fingerprint density at radius 2 is 2.17 bits per heavy atom. The average molecular weight is 257 g/mol. The van der Waals surface area contributed by atoms with Crippen LogP contribution in [-0.4, -0.2) is 37.0 Å². The lowest BCUT2D eigenvalue weighted by atomic mass is 9.85. The monoisotopic (exact) mass is 257 g/mol. The third-order valence-electron chi connectivity index (χ3n) is 4.01. The van der Waals surface area contributed by atoms with Crippen molar-refractivity contribution in [1.29, 1.82) is 0 Å². The topological polar surface area (TPSA) is 41.5 Å². The molecule has 3 atom stereocenters. The van der Waals surface area contributed by atoms with Gasteiger partial charge < -0.3 is 15.2 Å². The van der Waals surface area contributed by atoms with Crippen LogP contribution in [0.2, 0.25) is 0 Å². The van der Waals surface area contributed by atoms with Gasteiger partial charge in [0.15, 0.2) is 0 Å². The van der Waals surface area contributed by atoms with Crippen molar-refractivity contribution >= 4 is 0 Å². The highest BCUT2D eigenvalue weighted by Gasteiger charge is 2.22. The maximum atomic E-state index is 9.06. The number of nitrogens with one attached hydrogen (secondary N) is 1. The van der Waals surface area contributed by atoms with Crippen molar-refractivity contribution in [3.05, 3.63) is 0 Å². The predicted octanol–water partition coefficient (Wildman–Crippen LogP) is 2.72. The molecule has 108 valence electrons. The molecule has 1 aliphatic carbocycles. The van der Waals surface area contributed by atoms with Crippen LogP contribution in [0.5, 0.6) is 0 Å². The molecule has 0 bridgehead atoms. The van der Waals surface area contributed by atoms with E-state index >= 15 is 0 Å². The average Bonchev–Trinajstić information content (AvgIpc) is 2.42. The molecule has 0 aromatic heterocycles. The first-order chi connectivity index (χ1) is 8.80. The minimum absolute atomic E-state index is 0.243. The van der Waals surface area contributed by atoms with Gasteiger partial charge in [-0.05, 0) is 38.1 Å².